The summed E-state index contributed by atoms with van der Waals surface area (Å²) in [5, 5.41) is 4.91. The highest BCUT2D eigenvalue weighted by molar-refractivity contribution is 7.92. The third-order valence-corrected chi connectivity index (χ3v) is 6.34. The van der Waals surface area contributed by atoms with Gasteiger partial charge in [-0.3, -0.25) is 9.40 Å². The zero-order valence-electron chi connectivity index (χ0n) is 14.0. The highest BCUT2D eigenvalue weighted by atomic mass is 32.2. The van der Waals surface area contributed by atoms with Crippen LogP contribution in [0, 0.1) is 0 Å². The Morgan fingerprint density at radius 1 is 1.12 bits per heavy atom. The largest absolute Gasteiger partial charge is 0.280 e. The molecule has 132 valence electrons. The summed E-state index contributed by atoms with van der Waals surface area (Å²) in [5.74, 6) is 0. The Balaban J connectivity index is 1.57. The van der Waals surface area contributed by atoms with Crippen molar-refractivity contribution in [2.24, 2.45) is 0 Å². The molecule has 0 amide bonds. The van der Waals surface area contributed by atoms with E-state index in [1.54, 1.807) is 28.2 Å². The Hall–Kier alpha value is -2.71. The minimum absolute atomic E-state index is 0.148. The molecule has 0 saturated heterocycles. The number of sulfonamides is 1. The van der Waals surface area contributed by atoms with Gasteiger partial charge in [-0.15, -0.1) is 11.3 Å². The molecule has 6 nitrogen and oxygen atoms in total. The van der Waals surface area contributed by atoms with Crippen LogP contribution < -0.4 is 4.72 Å². The van der Waals surface area contributed by atoms with Crippen molar-refractivity contribution in [1.82, 2.24) is 14.8 Å². The van der Waals surface area contributed by atoms with Crippen molar-refractivity contribution in [1.29, 1.82) is 0 Å². The lowest BCUT2D eigenvalue weighted by atomic mass is 10.2. The molecule has 0 atom stereocenters. The fourth-order valence-electron chi connectivity index (χ4n) is 2.55. The number of benzene rings is 2. The molecule has 0 radical (unpaired) electrons. The average Bonchev–Trinajstić information content (AvgIpc) is 3.29. The Labute approximate surface area is 155 Å². The predicted molar refractivity (Wildman–Crippen MR) is 104 cm³/mol. The van der Waals surface area contributed by atoms with Crippen LogP contribution in [0.3, 0.4) is 0 Å². The lowest BCUT2D eigenvalue weighted by Gasteiger charge is -2.06. The zero-order chi connectivity index (χ0) is 18.1. The van der Waals surface area contributed by atoms with Gasteiger partial charge in [-0.1, -0.05) is 12.1 Å². The van der Waals surface area contributed by atoms with Crippen LogP contribution in [0.15, 0.2) is 65.8 Å². The quantitative estimate of drug-likeness (QED) is 0.565. The molecule has 0 aliphatic rings. The van der Waals surface area contributed by atoms with Gasteiger partial charge in [0, 0.05) is 24.0 Å². The molecule has 0 aliphatic carbocycles. The Kier molecular flexibility index (Phi) is 4.21. The van der Waals surface area contributed by atoms with Crippen molar-refractivity contribution in [3.8, 4) is 10.6 Å². The molecule has 4 aromatic rings. The lowest BCUT2D eigenvalue weighted by Crippen LogP contribution is -2.12. The highest BCUT2D eigenvalue weighted by Crippen LogP contribution is 2.30. The van der Waals surface area contributed by atoms with E-state index in [9.17, 15) is 8.42 Å². The van der Waals surface area contributed by atoms with Gasteiger partial charge in [0.2, 0.25) is 0 Å². The number of thiazole rings is 1. The minimum Gasteiger partial charge on any atom is -0.280 e. The van der Waals surface area contributed by atoms with Crippen LogP contribution in [0.2, 0.25) is 0 Å². The maximum Gasteiger partial charge on any atom is 0.265 e. The van der Waals surface area contributed by atoms with Gasteiger partial charge in [-0.05, 0) is 43.3 Å². The molecule has 2 aromatic carbocycles. The van der Waals surface area contributed by atoms with E-state index < -0.39 is 10.0 Å². The van der Waals surface area contributed by atoms with E-state index in [-0.39, 0.29) is 4.90 Å². The second kappa shape index (κ2) is 6.54. The van der Waals surface area contributed by atoms with Crippen LogP contribution in [-0.2, 0) is 16.6 Å². The third kappa shape index (κ3) is 3.21. The molecule has 2 aromatic heterocycles. The van der Waals surface area contributed by atoms with E-state index in [0.29, 0.717) is 12.2 Å². The summed E-state index contributed by atoms with van der Waals surface area (Å²) < 4.78 is 30.1. The molecule has 8 heteroatoms. The van der Waals surface area contributed by atoms with E-state index in [1.807, 2.05) is 43.3 Å². The molecule has 0 fully saturated rings. The Bertz CT molecular complexity index is 1130. The number of rotatable bonds is 5. The first-order valence-corrected chi connectivity index (χ1v) is 10.4. The summed E-state index contributed by atoms with van der Waals surface area (Å²) in [6.07, 6.45) is 2.86. The Morgan fingerprint density at radius 2 is 1.88 bits per heavy atom. The van der Waals surface area contributed by atoms with Gasteiger partial charge >= 0.3 is 0 Å². The molecule has 2 heterocycles. The number of aryl methyl sites for hydroxylation is 1. The smallest absolute Gasteiger partial charge is 0.265 e. The van der Waals surface area contributed by atoms with Gasteiger partial charge in [0.05, 0.1) is 16.4 Å². The van der Waals surface area contributed by atoms with E-state index in [1.165, 1.54) is 12.4 Å². The lowest BCUT2D eigenvalue weighted by molar-refractivity contribution is 0.600. The first kappa shape index (κ1) is 16.7. The minimum atomic E-state index is -3.65. The number of fused-ring (bicyclic) bond motifs is 1. The third-order valence-electron chi connectivity index (χ3n) is 3.92. The second-order valence-corrected chi connectivity index (χ2v) is 8.41. The zero-order valence-corrected chi connectivity index (χ0v) is 15.6. The SMILES string of the molecule is CCn1cc(S(=O)(=O)Nc2ccc(-c3nc4ccccc4s3)cc2)cn1. The topological polar surface area (TPSA) is 76.9 Å². The van der Waals surface area contributed by atoms with Crippen molar-refractivity contribution >= 4 is 37.3 Å². The number of nitrogens with one attached hydrogen (secondary N) is 1. The van der Waals surface area contributed by atoms with Crippen LogP contribution in [0.25, 0.3) is 20.8 Å². The van der Waals surface area contributed by atoms with Crippen LogP contribution in [0.4, 0.5) is 5.69 Å². The van der Waals surface area contributed by atoms with Gasteiger partial charge in [-0.25, -0.2) is 13.4 Å². The normalized spacial score (nSPS) is 11.7. The number of nitrogens with zero attached hydrogens (tertiary/aromatic N) is 3. The standard InChI is InChI=1S/C18H16N4O2S2/c1-2-22-12-15(11-19-22)26(23,24)21-14-9-7-13(8-10-14)18-20-16-5-3-4-6-17(16)25-18/h3-12,21H,2H2,1H3. The molecule has 0 spiro atoms. The molecular weight excluding hydrogens is 368 g/mol. The van der Waals surface area contributed by atoms with E-state index in [0.717, 1.165) is 20.8 Å². The van der Waals surface area contributed by atoms with E-state index in [4.69, 9.17) is 0 Å². The van der Waals surface area contributed by atoms with Gasteiger partial charge < -0.3 is 0 Å². The maximum absolute atomic E-state index is 12.4. The van der Waals surface area contributed by atoms with Gasteiger partial charge in [0.1, 0.15) is 9.90 Å². The van der Waals surface area contributed by atoms with Crippen LogP contribution in [-0.4, -0.2) is 23.2 Å². The van der Waals surface area contributed by atoms with Crippen LogP contribution in [0.1, 0.15) is 6.92 Å². The molecule has 1 N–H and O–H groups in total. The molecule has 0 aliphatic heterocycles. The van der Waals surface area contributed by atoms with Crippen molar-refractivity contribution in [2.45, 2.75) is 18.4 Å². The van der Waals surface area contributed by atoms with Crippen LogP contribution in [0.5, 0.6) is 0 Å². The van der Waals surface area contributed by atoms with Gasteiger partial charge in [0.15, 0.2) is 0 Å². The molecule has 0 saturated carbocycles. The first-order valence-electron chi connectivity index (χ1n) is 8.06. The van der Waals surface area contributed by atoms with Crippen molar-refractivity contribution in [3.63, 3.8) is 0 Å². The van der Waals surface area contributed by atoms with E-state index in [2.05, 4.69) is 14.8 Å². The molecule has 26 heavy (non-hydrogen) atoms. The molecule has 0 unspecified atom stereocenters. The fraction of sp³-hybridized carbons (Fsp3) is 0.111. The van der Waals surface area contributed by atoms with Crippen molar-refractivity contribution < 1.29 is 8.42 Å². The molecular formula is C18H16N4O2S2. The summed E-state index contributed by atoms with van der Waals surface area (Å²) in [4.78, 5) is 4.76. The number of hydrogen-bond donors (Lipinski definition) is 1. The van der Waals surface area contributed by atoms with Gasteiger partial charge in [0.25, 0.3) is 10.0 Å². The average molecular weight is 384 g/mol. The second-order valence-electron chi connectivity index (χ2n) is 5.70. The predicted octanol–water partition coefficient (Wildman–Crippen LogP) is 3.98. The van der Waals surface area contributed by atoms with Crippen molar-refractivity contribution in [2.75, 3.05) is 4.72 Å². The fourth-order valence-corrected chi connectivity index (χ4v) is 4.53. The molecule has 4 rings (SSSR count). The van der Waals surface area contributed by atoms with E-state index >= 15 is 0 Å². The summed E-state index contributed by atoms with van der Waals surface area (Å²) in [5.41, 5.74) is 2.41. The summed E-state index contributed by atoms with van der Waals surface area (Å²) in [6, 6.07) is 15.2. The summed E-state index contributed by atoms with van der Waals surface area (Å²) in [6.45, 7) is 2.52. The Morgan fingerprint density at radius 3 is 2.58 bits per heavy atom. The molecule has 0 bridgehead atoms. The van der Waals surface area contributed by atoms with Gasteiger partial charge in [-0.2, -0.15) is 5.10 Å². The van der Waals surface area contributed by atoms with Crippen LogP contribution >= 0.6 is 11.3 Å². The van der Waals surface area contributed by atoms with Crippen molar-refractivity contribution in [3.05, 3.63) is 60.9 Å². The monoisotopic (exact) mass is 384 g/mol. The number of hydrogen-bond acceptors (Lipinski definition) is 5. The number of aromatic nitrogens is 3. The number of para-hydroxylation sites is 1. The highest BCUT2D eigenvalue weighted by Gasteiger charge is 2.16. The number of anilines is 1. The first-order chi connectivity index (χ1) is 12.5. The summed E-state index contributed by atoms with van der Waals surface area (Å²) >= 11 is 1.61. The summed E-state index contributed by atoms with van der Waals surface area (Å²) in [7, 11) is -3.65. The maximum atomic E-state index is 12.4.